The van der Waals surface area contributed by atoms with E-state index in [2.05, 4.69) is 0 Å². The van der Waals surface area contributed by atoms with Crippen LogP contribution in [-0.2, 0) is 14.3 Å². The Kier molecular flexibility index (Phi) is 2.96. The zero-order valence-corrected chi connectivity index (χ0v) is 11.8. The predicted octanol–water partition coefficient (Wildman–Crippen LogP) is 1.71. The van der Waals surface area contributed by atoms with Crippen LogP contribution in [0.25, 0.3) is 0 Å². The van der Waals surface area contributed by atoms with Gasteiger partial charge in [-0.2, -0.15) is 0 Å². The summed E-state index contributed by atoms with van der Waals surface area (Å²) in [6.07, 6.45) is 3.38. The van der Waals surface area contributed by atoms with Gasteiger partial charge in [0, 0.05) is 12.6 Å². The second-order valence-corrected chi connectivity index (χ2v) is 5.91. The first-order valence-electron chi connectivity index (χ1n) is 7.60. The van der Waals surface area contributed by atoms with Gasteiger partial charge in [0.15, 0.2) is 0 Å². The molecule has 2 aliphatic heterocycles. The van der Waals surface area contributed by atoms with Crippen LogP contribution in [0.2, 0.25) is 0 Å². The van der Waals surface area contributed by atoms with Crippen molar-refractivity contribution in [1.29, 1.82) is 0 Å². The lowest BCUT2D eigenvalue weighted by molar-refractivity contribution is -0.129. The van der Waals surface area contributed by atoms with Gasteiger partial charge in [-0.15, -0.1) is 0 Å². The van der Waals surface area contributed by atoms with Crippen LogP contribution in [0.1, 0.15) is 25.7 Å². The molecule has 0 aromatic heterocycles. The number of hydrogen-bond donors (Lipinski definition) is 0. The Hall–Kier alpha value is -1.88. The molecule has 4 rings (SSSR count). The van der Waals surface area contributed by atoms with E-state index in [1.54, 1.807) is 4.90 Å². The van der Waals surface area contributed by atoms with Crippen molar-refractivity contribution < 1.29 is 14.3 Å². The number of ether oxygens (including phenoxy) is 1. The van der Waals surface area contributed by atoms with Crippen molar-refractivity contribution in [3.63, 3.8) is 0 Å². The molecule has 1 aromatic carbocycles. The van der Waals surface area contributed by atoms with Crippen LogP contribution in [0.3, 0.4) is 0 Å². The van der Waals surface area contributed by atoms with Crippen molar-refractivity contribution in [2.45, 2.75) is 37.8 Å². The van der Waals surface area contributed by atoms with E-state index in [1.165, 1.54) is 0 Å². The molecule has 110 valence electrons. The molecule has 1 unspecified atom stereocenters. The molecule has 21 heavy (non-hydrogen) atoms. The van der Waals surface area contributed by atoms with E-state index in [9.17, 15) is 9.59 Å². The maximum atomic E-state index is 12.6. The molecule has 5 nitrogen and oxygen atoms in total. The van der Waals surface area contributed by atoms with Crippen molar-refractivity contribution in [1.82, 2.24) is 0 Å². The SMILES string of the molecule is O=C(C1CCCO1)N1CC(=O)N(C2CC2)c2ccccc21. The minimum atomic E-state index is -0.390. The predicted molar refractivity (Wildman–Crippen MR) is 78.3 cm³/mol. The van der Waals surface area contributed by atoms with Crippen molar-refractivity contribution in [3.05, 3.63) is 24.3 Å². The van der Waals surface area contributed by atoms with E-state index in [0.29, 0.717) is 12.6 Å². The van der Waals surface area contributed by atoms with Crippen molar-refractivity contribution in [2.24, 2.45) is 0 Å². The highest BCUT2D eigenvalue weighted by atomic mass is 16.5. The molecule has 1 saturated carbocycles. The number of rotatable bonds is 2. The van der Waals surface area contributed by atoms with Gasteiger partial charge in [0.25, 0.3) is 5.91 Å². The van der Waals surface area contributed by atoms with Gasteiger partial charge in [0.2, 0.25) is 5.91 Å². The molecule has 1 atom stereocenters. The first-order valence-corrected chi connectivity index (χ1v) is 7.60. The second kappa shape index (κ2) is 4.84. The first kappa shape index (κ1) is 12.8. The Labute approximate surface area is 123 Å². The summed E-state index contributed by atoms with van der Waals surface area (Å²) >= 11 is 0. The first-order chi connectivity index (χ1) is 10.3. The lowest BCUT2D eigenvalue weighted by atomic mass is 10.1. The normalized spacial score (nSPS) is 25.1. The van der Waals surface area contributed by atoms with Crippen molar-refractivity contribution in [2.75, 3.05) is 23.0 Å². The number of para-hydroxylation sites is 2. The van der Waals surface area contributed by atoms with Crippen LogP contribution in [0.15, 0.2) is 24.3 Å². The summed E-state index contributed by atoms with van der Waals surface area (Å²) in [5.41, 5.74) is 1.70. The Morgan fingerprint density at radius 1 is 1.14 bits per heavy atom. The maximum absolute atomic E-state index is 12.6. The molecule has 0 bridgehead atoms. The van der Waals surface area contributed by atoms with Crippen LogP contribution < -0.4 is 9.80 Å². The van der Waals surface area contributed by atoms with Crippen LogP contribution in [0.4, 0.5) is 11.4 Å². The van der Waals surface area contributed by atoms with E-state index < -0.39 is 6.10 Å². The number of hydrogen-bond acceptors (Lipinski definition) is 3. The highest BCUT2D eigenvalue weighted by molar-refractivity contribution is 6.12. The number of benzene rings is 1. The van der Waals surface area contributed by atoms with Gasteiger partial charge >= 0.3 is 0 Å². The molecule has 2 heterocycles. The highest BCUT2D eigenvalue weighted by Gasteiger charge is 2.42. The molecule has 0 N–H and O–H groups in total. The number of carbonyl (C=O) groups is 2. The van der Waals surface area contributed by atoms with Crippen LogP contribution in [0.5, 0.6) is 0 Å². The minimum Gasteiger partial charge on any atom is -0.368 e. The lowest BCUT2D eigenvalue weighted by Gasteiger charge is -2.37. The fourth-order valence-electron chi connectivity index (χ4n) is 3.20. The molecule has 5 heteroatoms. The van der Waals surface area contributed by atoms with E-state index >= 15 is 0 Å². The van der Waals surface area contributed by atoms with E-state index in [0.717, 1.165) is 37.1 Å². The van der Waals surface area contributed by atoms with E-state index in [4.69, 9.17) is 4.74 Å². The van der Waals surface area contributed by atoms with Gasteiger partial charge < -0.3 is 9.64 Å². The molecular weight excluding hydrogens is 268 g/mol. The average molecular weight is 286 g/mol. The topological polar surface area (TPSA) is 49.9 Å². The van der Waals surface area contributed by atoms with Crippen LogP contribution in [0, 0.1) is 0 Å². The lowest BCUT2D eigenvalue weighted by Crippen LogP contribution is -2.51. The third-order valence-corrected chi connectivity index (χ3v) is 4.38. The summed E-state index contributed by atoms with van der Waals surface area (Å²) in [6.45, 7) is 0.764. The van der Waals surface area contributed by atoms with Crippen LogP contribution in [-0.4, -0.2) is 37.1 Å². The molecule has 0 radical (unpaired) electrons. The molecule has 2 amide bonds. The fraction of sp³-hybridized carbons (Fsp3) is 0.500. The van der Waals surface area contributed by atoms with Crippen LogP contribution >= 0.6 is 0 Å². The molecule has 3 aliphatic rings. The monoisotopic (exact) mass is 286 g/mol. The number of fused-ring (bicyclic) bond motifs is 1. The largest absolute Gasteiger partial charge is 0.368 e. The summed E-state index contributed by atoms with van der Waals surface area (Å²) in [5, 5.41) is 0. The van der Waals surface area contributed by atoms with Gasteiger partial charge in [-0.25, -0.2) is 0 Å². The number of carbonyl (C=O) groups excluding carboxylic acids is 2. The summed E-state index contributed by atoms with van der Waals surface area (Å²) in [5.74, 6) is -0.0636. The van der Waals surface area contributed by atoms with Gasteiger partial charge in [-0.05, 0) is 37.8 Å². The van der Waals surface area contributed by atoms with Gasteiger partial charge in [0.1, 0.15) is 12.6 Å². The maximum Gasteiger partial charge on any atom is 0.256 e. The van der Waals surface area contributed by atoms with E-state index in [-0.39, 0.29) is 18.4 Å². The van der Waals surface area contributed by atoms with Crippen molar-refractivity contribution in [3.8, 4) is 0 Å². The summed E-state index contributed by atoms with van der Waals surface area (Å²) in [6, 6.07) is 8.00. The summed E-state index contributed by atoms with van der Waals surface area (Å²) in [7, 11) is 0. The minimum absolute atomic E-state index is 0.0162. The Morgan fingerprint density at radius 2 is 1.90 bits per heavy atom. The zero-order valence-electron chi connectivity index (χ0n) is 11.8. The fourth-order valence-corrected chi connectivity index (χ4v) is 3.20. The summed E-state index contributed by atoms with van der Waals surface area (Å²) < 4.78 is 5.49. The van der Waals surface area contributed by atoms with E-state index in [1.807, 2.05) is 29.2 Å². The Balaban J connectivity index is 1.70. The third-order valence-electron chi connectivity index (χ3n) is 4.38. The second-order valence-electron chi connectivity index (χ2n) is 5.91. The smallest absolute Gasteiger partial charge is 0.256 e. The van der Waals surface area contributed by atoms with Gasteiger partial charge in [-0.3, -0.25) is 14.5 Å². The molecular formula is C16H18N2O3. The highest BCUT2D eigenvalue weighted by Crippen LogP contribution is 2.40. The third kappa shape index (κ3) is 2.12. The standard InChI is InChI=1S/C16H18N2O3/c19-15-10-17(16(20)14-6-3-9-21-14)12-4-1-2-5-13(12)18(15)11-7-8-11/h1-2,4-5,11,14H,3,6-10H2. The summed E-state index contributed by atoms with van der Waals surface area (Å²) in [4.78, 5) is 28.6. The number of anilines is 2. The average Bonchev–Trinajstić information content (AvgIpc) is 3.18. The molecule has 2 fully saturated rings. The molecule has 0 spiro atoms. The number of nitrogens with zero attached hydrogens (tertiary/aromatic N) is 2. The van der Waals surface area contributed by atoms with Crippen molar-refractivity contribution >= 4 is 23.2 Å². The van der Waals surface area contributed by atoms with Gasteiger partial charge in [-0.1, -0.05) is 12.1 Å². The Morgan fingerprint density at radius 3 is 2.57 bits per heavy atom. The molecule has 1 aromatic rings. The molecule has 1 saturated heterocycles. The molecule has 1 aliphatic carbocycles. The zero-order chi connectivity index (χ0) is 14.4. The quantitative estimate of drug-likeness (QED) is 0.831. The Bertz CT molecular complexity index is 591. The number of amides is 2. The van der Waals surface area contributed by atoms with Gasteiger partial charge in [0.05, 0.1) is 11.4 Å².